The molecule has 0 atom stereocenters. The summed E-state index contributed by atoms with van der Waals surface area (Å²) in [5, 5.41) is 4.70. The quantitative estimate of drug-likeness (QED) is 0.677. The maximum Gasteiger partial charge on any atom is 0.339 e. The van der Waals surface area contributed by atoms with Crippen LogP contribution >= 0.6 is 0 Å². The largest absolute Gasteiger partial charge is 0.457 e. The van der Waals surface area contributed by atoms with Crippen LogP contribution in [0.3, 0.4) is 0 Å². The number of carbonyl (C=O) groups excluding carboxylic acids is 1. The number of para-hydroxylation sites is 1. The second-order valence-electron chi connectivity index (χ2n) is 5.81. The summed E-state index contributed by atoms with van der Waals surface area (Å²) in [4.78, 5) is 17.4. The number of carbonyl (C=O) groups is 1. The summed E-state index contributed by atoms with van der Waals surface area (Å²) in [6.45, 7) is 7.75. The van der Waals surface area contributed by atoms with Crippen molar-refractivity contribution in [1.29, 1.82) is 0 Å². The molecular formula is C19H20N2O3. The van der Waals surface area contributed by atoms with Crippen molar-refractivity contribution in [3.05, 3.63) is 58.1 Å². The minimum Gasteiger partial charge on any atom is -0.457 e. The van der Waals surface area contributed by atoms with E-state index in [9.17, 15) is 4.79 Å². The topological polar surface area (TPSA) is 65.2 Å². The monoisotopic (exact) mass is 324 g/mol. The first kappa shape index (κ1) is 16.2. The second-order valence-corrected chi connectivity index (χ2v) is 5.81. The molecule has 5 heteroatoms. The van der Waals surface area contributed by atoms with Gasteiger partial charge in [0.15, 0.2) is 0 Å². The highest BCUT2D eigenvalue weighted by Crippen LogP contribution is 2.25. The molecule has 3 aromatic rings. The molecule has 0 radical (unpaired) electrons. The van der Waals surface area contributed by atoms with Crippen LogP contribution in [-0.4, -0.2) is 16.1 Å². The molecule has 0 saturated heterocycles. The van der Waals surface area contributed by atoms with E-state index >= 15 is 0 Å². The van der Waals surface area contributed by atoms with Crippen molar-refractivity contribution in [3.8, 4) is 0 Å². The van der Waals surface area contributed by atoms with Crippen molar-refractivity contribution in [2.75, 3.05) is 0 Å². The van der Waals surface area contributed by atoms with E-state index in [1.165, 1.54) is 0 Å². The van der Waals surface area contributed by atoms with Gasteiger partial charge < -0.3 is 9.26 Å². The number of hydrogen-bond donors (Lipinski definition) is 0. The van der Waals surface area contributed by atoms with Crippen LogP contribution in [-0.2, 0) is 17.8 Å². The van der Waals surface area contributed by atoms with Gasteiger partial charge in [0.05, 0.1) is 22.3 Å². The lowest BCUT2D eigenvalue weighted by molar-refractivity contribution is 0.0472. The van der Waals surface area contributed by atoms with Crippen LogP contribution in [0.1, 0.15) is 45.6 Å². The average molecular weight is 324 g/mol. The Labute approximate surface area is 140 Å². The summed E-state index contributed by atoms with van der Waals surface area (Å²) in [6.07, 6.45) is 0.765. The van der Waals surface area contributed by atoms with E-state index in [0.29, 0.717) is 11.3 Å². The summed E-state index contributed by atoms with van der Waals surface area (Å²) in [5.41, 5.74) is 4.74. The number of hydrogen-bond acceptors (Lipinski definition) is 5. The van der Waals surface area contributed by atoms with Crippen molar-refractivity contribution in [1.82, 2.24) is 10.1 Å². The van der Waals surface area contributed by atoms with Gasteiger partial charge in [-0.2, -0.15) is 0 Å². The summed E-state index contributed by atoms with van der Waals surface area (Å²) in [7, 11) is 0. The fraction of sp³-hybridized carbons (Fsp3) is 0.316. The van der Waals surface area contributed by atoms with Crippen LogP contribution in [0.2, 0.25) is 0 Å². The molecule has 24 heavy (non-hydrogen) atoms. The average Bonchev–Trinajstić information content (AvgIpc) is 2.90. The Balaban J connectivity index is 1.98. The standard InChI is InChI=1S/C19H20N2O3/c1-5-16-11(2)18(14-8-6-7-9-17(14)20-16)19(22)23-10-15-12(3)21-24-13(15)4/h6-9H,5,10H2,1-4H3. The molecule has 0 N–H and O–H groups in total. The minimum absolute atomic E-state index is 0.150. The molecule has 1 aromatic carbocycles. The van der Waals surface area contributed by atoms with Gasteiger partial charge in [0.2, 0.25) is 0 Å². The SMILES string of the molecule is CCc1nc2ccccc2c(C(=O)OCc2c(C)noc2C)c1C. The Morgan fingerprint density at radius 1 is 1.21 bits per heavy atom. The normalized spacial score (nSPS) is 11.0. The van der Waals surface area contributed by atoms with Gasteiger partial charge in [-0.25, -0.2) is 4.79 Å². The number of nitrogens with zero attached hydrogens (tertiary/aromatic N) is 2. The number of rotatable bonds is 4. The third kappa shape index (κ3) is 2.77. The number of pyridine rings is 1. The first-order valence-corrected chi connectivity index (χ1v) is 8.00. The van der Waals surface area contributed by atoms with Crippen LogP contribution in [0.25, 0.3) is 10.9 Å². The molecule has 124 valence electrons. The number of esters is 1. The molecule has 0 aliphatic heterocycles. The summed E-state index contributed by atoms with van der Waals surface area (Å²) in [6, 6.07) is 7.64. The van der Waals surface area contributed by atoms with E-state index in [0.717, 1.165) is 39.8 Å². The molecule has 0 amide bonds. The molecule has 0 fully saturated rings. The van der Waals surface area contributed by atoms with Gasteiger partial charge in [-0.05, 0) is 38.8 Å². The highest BCUT2D eigenvalue weighted by Gasteiger charge is 2.20. The van der Waals surface area contributed by atoms with Crippen molar-refractivity contribution < 1.29 is 14.1 Å². The molecule has 3 rings (SSSR count). The molecule has 0 spiro atoms. The lowest BCUT2D eigenvalue weighted by Crippen LogP contribution is -2.11. The third-order valence-electron chi connectivity index (χ3n) is 4.30. The number of aryl methyl sites for hydroxylation is 3. The fourth-order valence-corrected chi connectivity index (χ4v) is 2.88. The zero-order chi connectivity index (χ0) is 17.3. The predicted molar refractivity (Wildman–Crippen MR) is 91.0 cm³/mol. The first-order chi connectivity index (χ1) is 11.5. The number of ether oxygens (including phenoxy) is 1. The van der Waals surface area contributed by atoms with Gasteiger partial charge in [0, 0.05) is 11.1 Å². The van der Waals surface area contributed by atoms with E-state index in [4.69, 9.17) is 9.26 Å². The third-order valence-corrected chi connectivity index (χ3v) is 4.30. The molecule has 0 bridgehead atoms. The Bertz CT molecular complexity index is 893. The minimum atomic E-state index is -0.346. The van der Waals surface area contributed by atoms with Crippen LogP contribution in [0.5, 0.6) is 0 Å². The van der Waals surface area contributed by atoms with Crippen molar-refractivity contribution >= 4 is 16.9 Å². The molecule has 0 unspecified atom stereocenters. The summed E-state index contributed by atoms with van der Waals surface area (Å²) < 4.78 is 10.7. The highest BCUT2D eigenvalue weighted by atomic mass is 16.5. The second kappa shape index (κ2) is 6.43. The Kier molecular flexibility index (Phi) is 4.34. The van der Waals surface area contributed by atoms with Crippen molar-refractivity contribution in [3.63, 3.8) is 0 Å². The number of aromatic nitrogens is 2. The Morgan fingerprint density at radius 2 is 1.96 bits per heavy atom. The molecule has 0 aliphatic carbocycles. The van der Waals surface area contributed by atoms with E-state index in [1.54, 1.807) is 0 Å². The van der Waals surface area contributed by atoms with Gasteiger partial charge in [-0.15, -0.1) is 0 Å². The lowest BCUT2D eigenvalue weighted by Gasteiger charge is -2.13. The lowest BCUT2D eigenvalue weighted by atomic mass is 10.0. The molecule has 0 saturated carbocycles. The molecule has 0 aliphatic rings. The smallest absolute Gasteiger partial charge is 0.339 e. The zero-order valence-electron chi connectivity index (χ0n) is 14.3. The van der Waals surface area contributed by atoms with E-state index < -0.39 is 0 Å². The zero-order valence-corrected chi connectivity index (χ0v) is 14.3. The first-order valence-electron chi connectivity index (χ1n) is 8.00. The summed E-state index contributed by atoms with van der Waals surface area (Å²) >= 11 is 0. The predicted octanol–water partition coefficient (Wildman–Crippen LogP) is 4.07. The molecule has 2 heterocycles. The van der Waals surface area contributed by atoms with Crippen LogP contribution in [0, 0.1) is 20.8 Å². The van der Waals surface area contributed by atoms with Gasteiger partial charge in [-0.3, -0.25) is 4.98 Å². The molecule has 5 nitrogen and oxygen atoms in total. The van der Waals surface area contributed by atoms with Crippen LogP contribution in [0.15, 0.2) is 28.8 Å². The van der Waals surface area contributed by atoms with Crippen molar-refractivity contribution in [2.45, 2.75) is 40.7 Å². The molecular weight excluding hydrogens is 304 g/mol. The number of fused-ring (bicyclic) bond motifs is 1. The fourth-order valence-electron chi connectivity index (χ4n) is 2.88. The number of benzene rings is 1. The van der Waals surface area contributed by atoms with Gasteiger partial charge in [0.25, 0.3) is 0 Å². The highest BCUT2D eigenvalue weighted by molar-refractivity contribution is 6.05. The van der Waals surface area contributed by atoms with E-state index in [-0.39, 0.29) is 12.6 Å². The van der Waals surface area contributed by atoms with Crippen LogP contribution < -0.4 is 0 Å². The van der Waals surface area contributed by atoms with Gasteiger partial charge in [0.1, 0.15) is 12.4 Å². The molecule has 2 aromatic heterocycles. The summed E-state index contributed by atoms with van der Waals surface area (Å²) in [5.74, 6) is 0.326. The maximum atomic E-state index is 12.8. The van der Waals surface area contributed by atoms with Crippen LogP contribution in [0.4, 0.5) is 0 Å². The van der Waals surface area contributed by atoms with E-state index in [2.05, 4.69) is 10.1 Å². The Morgan fingerprint density at radius 3 is 2.62 bits per heavy atom. The van der Waals surface area contributed by atoms with Gasteiger partial charge >= 0.3 is 5.97 Å². The maximum absolute atomic E-state index is 12.8. The Hall–Kier alpha value is -2.69. The van der Waals surface area contributed by atoms with Crippen molar-refractivity contribution in [2.24, 2.45) is 0 Å². The van der Waals surface area contributed by atoms with E-state index in [1.807, 2.05) is 52.0 Å². The van der Waals surface area contributed by atoms with Gasteiger partial charge in [-0.1, -0.05) is 30.3 Å².